The van der Waals surface area contributed by atoms with Crippen LogP contribution in [0, 0.1) is 13.8 Å². The maximum atomic E-state index is 5.69. The van der Waals surface area contributed by atoms with Crippen LogP contribution in [0.25, 0.3) is 0 Å². The highest BCUT2D eigenvalue weighted by Crippen LogP contribution is 2.15. The zero-order chi connectivity index (χ0) is 13.8. The lowest BCUT2D eigenvalue weighted by molar-refractivity contribution is 0.401. The summed E-state index contributed by atoms with van der Waals surface area (Å²) in [6, 6.07) is 6.52. The Morgan fingerprint density at radius 1 is 1.21 bits per heavy atom. The minimum absolute atomic E-state index is 0.103. The molecular formula is C15H21N3O. The molecule has 0 amide bonds. The van der Waals surface area contributed by atoms with Crippen molar-refractivity contribution >= 4 is 0 Å². The van der Waals surface area contributed by atoms with Crippen LogP contribution in [0.2, 0.25) is 0 Å². The Balaban J connectivity index is 2.09. The van der Waals surface area contributed by atoms with Gasteiger partial charge in [-0.25, -0.2) is 0 Å². The van der Waals surface area contributed by atoms with Crippen LogP contribution in [0.1, 0.15) is 48.4 Å². The molecule has 0 aliphatic heterocycles. The summed E-state index contributed by atoms with van der Waals surface area (Å²) >= 11 is 0. The van der Waals surface area contributed by atoms with Gasteiger partial charge in [0.05, 0.1) is 12.5 Å². The lowest BCUT2D eigenvalue weighted by Crippen LogP contribution is -2.17. The molecule has 4 nitrogen and oxygen atoms in total. The average molecular weight is 259 g/mol. The van der Waals surface area contributed by atoms with Gasteiger partial charge < -0.3 is 9.73 Å². The van der Waals surface area contributed by atoms with E-state index in [0.717, 1.165) is 6.54 Å². The Hall–Kier alpha value is -1.68. The molecule has 102 valence electrons. The maximum absolute atomic E-state index is 5.69. The summed E-state index contributed by atoms with van der Waals surface area (Å²) in [6.45, 7) is 9.20. The molecule has 0 bridgehead atoms. The molecule has 19 heavy (non-hydrogen) atoms. The molecule has 0 radical (unpaired) electrons. The highest BCUT2D eigenvalue weighted by Gasteiger charge is 2.13. The van der Waals surface area contributed by atoms with E-state index >= 15 is 0 Å². The lowest BCUT2D eigenvalue weighted by atomic mass is 10.0. The molecule has 0 saturated heterocycles. The molecule has 1 N–H and O–H groups in total. The van der Waals surface area contributed by atoms with Crippen LogP contribution < -0.4 is 5.32 Å². The number of hydrogen-bond acceptors (Lipinski definition) is 4. The third-order valence-electron chi connectivity index (χ3n) is 3.29. The van der Waals surface area contributed by atoms with Crippen molar-refractivity contribution in [3.8, 4) is 0 Å². The monoisotopic (exact) mass is 259 g/mol. The van der Waals surface area contributed by atoms with Gasteiger partial charge in [0, 0.05) is 0 Å². The van der Waals surface area contributed by atoms with Gasteiger partial charge in [0.1, 0.15) is 0 Å². The average Bonchev–Trinajstić information content (AvgIpc) is 2.83. The molecule has 0 aliphatic carbocycles. The summed E-state index contributed by atoms with van der Waals surface area (Å²) in [5, 5.41) is 11.5. The summed E-state index contributed by atoms with van der Waals surface area (Å²) < 4.78 is 5.69. The molecule has 0 fully saturated rings. The highest BCUT2D eigenvalue weighted by atomic mass is 16.4. The van der Waals surface area contributed by atoms with Gasteiger partial charge in [0.25, 0.3) is 0 Å². The van der Waals surface area contributed by atoms with Gasteiger partial charge in [-0.05, 0) is 44.0 Å². The molecule has 4 heteroatoms. The zero-order valence-corrected chi connectivity index (χ0v) is 12.0. The Morgan fingerprint density at radius 3 is 2.68 bits per heavy atom. The molecule has 1 unspecified atom stereocenters. The fraction of sp³-hybridized carbons (Fsp3) is 0.467. The molecule has 1 heterocycles. The fourth-order valence-electron chi connectivity index (χ4n) is 1.99. The van der Waals surface area contributed by atoms with E-state index in [1.165, 1.54) is 16.7 Å². The number of rotatable bonds is 5. The van der Waals surface area contributed by atoms with E-state index in [4.69, 9.17) is 4.42 Å². The standard InChI is InChI=1S/C15H21N3O/c1-5-16-12(4)15-18-17-14(19-15)9-13-7-6-10(2)11(3)8-13/h6-8,12,16H,5,9H2,1-4H3. The van der Waals surface area contributed by atoms with Gasteiger partial charge in [0.2, 0.25) is 11.8 Å². The molecule has 2 aromatic rings. The van der Waals surface area contributed by atoms with Crippen molar-refractivity contribution in [2.24, 2.45) is 0 Å². The fourth-order valence-corrected chi connectivity index (χ4v) is 1.99. The van der Waals surface area contributed by atoms with E-state index in [1.807, 2.05) is 6.92 Å². The van der Waals surface area contributed by atoms with Gasteiger partial charge in [-0.15, -0.1) is 10.2 Å². The summed E-state index contributed by atoms with van der Waals surface area (Å²) in [4.78, 5) is 0. The first-order valence-electron chi connectivity index (χ1n) is 6.72. The molecule has 2 rings (SSSR count). The predicted molar refractivity (Wildman–Crippen MR) is 75.1 cm³/mol. The Bertz CT molecular complexity index is 548. The second kappa shape index (κ2) is 5.97. The normalized spacial score (nSPS) is 12.6. The lowest BCUT2D eigenvalue weighted by Gasteiger charge is -2.06. The van der Waals surface area contributed by atoms with Gasteiger partial charge in [-0.1, -0.05) is 25.1 Å². The molecule has 0 spiro atoms. The van der Waals surface area contributed by atoms with E-state index in [1.54, 1.807) is 0 Å². The quantitative estimate of drug-likeness (QED) is 0.897. The van der Waals surface area contributed by atoms with Crippen LogP contribution in [0.15, 0.2) is 22.6 Å². The van der Waals surface area contributed by atoms with Crippen LogP contribution in [-0.2, 0) is 6.42 Å². The summed E-state index contributed by atoms with van der Waals surface area (Å²) in [5.41, 5.74) is 3.79. The van der Waals surface area contributed by atoms with Crippen molar-refractivity contribution in [1.82, 2.24) is 15.5 Å². The molecule has 1 atom stereocenters. The van der Waals surface area contributed by atoms with E-state index in [0.29, 0.717) is 18.2 Å². The Morgan fingerprint density at radius 2 is 2.00 bits per heavy atom. The number of hydrogen-bond donors (Lipinski definition) is 1. The number of aromatic nitrogens is 2. The first-order chi connectivity index (χ1) is 9.10. The number of benzene rings is 1. The van der Waals surface area contributed by atoms with Gasteiger partial charge in [-0.2, -0.15) is 0 Å². The second-order valence-electron chi connectivity index (χ2n) is 4.91. The first-order valence-corrected chi connectivity index (χ1v) is 6.72. The minimum atomic E-state index is 0.103. The van der Waals surface area contributed by atoms with Gasteiger partial charge >= 0.3 is 0 Å². The third kappa shape index (κ3) is 3.41. The van der Waals surface area contributed by atoms with Crippen LogP contribution >= 0.6 is 0 Å². The van der Waals surface area contributed by atoms with E-state index in [2.05, 4.69) is 54.5 Å². The highest BCUT2D eigenvalue weighted by molar-refractivity contribution is 5.31. The smallest absolute Gasteiger partial charge is 0.233 e. The van der Waals surface area contributed by atoms with Crippen LogP contribution in [0.5, 0.6) is 0 Å². The van der Waals surface area contributed by atoms with E-state index in [-0.39, 0.29) is 6.04 Å². The zero-order valence-electron chi connectivity index (χ0n) is 12.0. The second-order valence-corrected chi connectivity index (χ2v) is 4.91. The first kappa shape index (κ1) is 13.7. The van der Waals surface area contributed by atoms with Crippen LogP contribution in [-0.4, -0.2) is 16.7 Å². The predicted octanol–water partition coefficient (Wildman–Crippen LogP) is 2.95. The molecule has 0 saturated carbocycles. The summed E-state index contributed by atoms with van der Waals surface area (Å²) in [6.07, 6.45) is 0.687. The van der Waals surface area contributed by atoms with Crippen molar-refractivity contribution in [2.45, 2.75) is 40.2 Å². The number of aryl methyl sites for hydroxylation is 2. The molecular weight excluding hydrogens is 238 g/mol. The third-order valence-corrected chi connectivity index (χ3v) is 3.29. The molecule has 1 aromatic carbocycles. The van der Waals surface area contributed by atoms with Crippen molar-refractivity contribution in [3.05, 3.63) is 46.7 Å². The van der Waals surface area contributed by atoms with Gasteiger partial charge in [0.15, 0.2) is 0 Å². The van der Waals surface area contributed by atoms with Crippen LogP contribution in [0.4, 0.5) is 0 Å². The molecule has 1 aromatic heterocycles. The van der Waals surface area contributed by atoms with Crippen LogP contribution in [0.3, 0.4) is 0 Å². The largest absolute Gasteiger partial charge is 0.423 e. The van der Waals surface area contributed by atoms with E-state index < -0.39 is 0 Å². The molecule has 0 aliphatic rings. The minimum Gasteiger partial charge on any atom is -0.423 e. The number of nitrogens with zero attached hydrogens (tertiary/aromatic N) is 2. The van der Waals surface area contributed by atoms with E-state index in [9.17, 15) is 0 Å². The topological polar surface area (TPSA) is 51.0 Å². The number of nitrogens with one attached hydrogen (secondary N) is 1. The van der Waals surface area contributed by atoms with Crippen molar-refractivity contribution < 1.29 is 4.42 Å². The van der Waals surface area contributed by atoms with Crippen molar-refractivity contribution in [3.63, 3.8) is 0 Å². The Labute approximate surface area is 114 Å². The SMILES string of the molecule is CCNC(C)c1nnc(Cc2ccc(C)c(C)c2)o1. The van der Waals surface area contributed by atoms with Crippen molar-refractivity contribution in [2.75, 3.05) is 6.54 Å². The summed E-state index contributed by atoms with van der Waals surface area (Å²) in [5.74, 6) is 1.32. The van der Waals surface area contributed by atoms with Crippen molar-refractivity contribution in [1.29, 1.82) is 0 Å². The summed E-state index contributed by atoms with van der Waals surface area (Å²) in [7, 11) is 0. The van der Waals surface area contributed by atoms with Gasteiger partial charge in [-0.3, -0.25) is 0 Å². The maximum Gasteiger partial charge on any atom is 0.233 e. The Kier molecular flexibility index (Phi) is 4.32.